The van der Waals surface area contributed by atoms with E-state index in [4.69, 9.17) is 9.47 Å². The van der Waals surface area contributed by atoms with Crippen LogP contribution in [0.1, 0.15) is 21.6 Å². The number of rotatable bonds is 7. The molecule has 0 bridgehead atoms. The third-order valence-electron chi connectivity index (χ3n) is 4.14. The van der Waals surface area contributed by atoms with Crippen molar-refractivity contribution in [2.45, 2.75) is 13.2 Å². The van der Waals surface area contributed by atoms with Gasteiger partial charge in [-0.25, -0.2) is 0 Å². The molecule has 7 heteroatoms. The van der Waals surface area contributed by atoms with Crippen LogP contribution in [0.4, 0.5) is 0 Å². The molecule has 3 rings (SSSR count). The fraction of sp³-hybridized carbons (Fsp3) is 0.190. The van der Waals surface area contributed by atoms with Crippen molar-refractivity contribution in [3.05, 3.63) is 88.1 Å². The van der Waals surface area contributed by atoms with Gasteiger partial charge in [-0.15, -0.1) is 0 Å². The summed E-state index contributed by atoms with van der Waals surface area (Å²) < 4.78 is 12.4. The van der Waals surface area contributed by atoms with Gasteiger partial charge in [0.25, 0.3) is 5.91 Å². The topological polar surface area (TPSA) is 82.4 Å². The lowest BCUT2D eigenvalue weighted by atomic mass is 10.2. The van der Waals surface area contributed by atoms with Crippen LogP contribution in [0.25, 0.3) is 0 Å². The van der Waals surface area contributed by atoms with Gasteiger partial charge in [0.2, 0.25) is 5.43 Å². The number of aromatic nitrogens is 2. The van der Waals surface area contributed by atoms with E-state index in [2.05, 4.69) is 10.3 Å². The summed E-state index contributed by atoms with van der Waals surface area (Å²) in [5.41, 5.74) is 1.65. The quantitative estimate of drug-likeness (QED) is 0.681. The smallest absolute Gasteiger partial charge is 0.268 e. The molecule has 144 valence electrons. The van der Waals surface area contributed by atoms with Gasteiger partial charge in [-0.3, -0.25) is 14.6 Å². The van der Waals surface area contributed by atoms with Gasteiger partial charge >= 0.3 is 0 Å². The van der Waals surface area contributed by atoms with Gasteiger partial charge < -0.3 is 19.4 Å². The number of nitrogens with one attached hydrogen (secondary N) is 1. The number of benzene rings is 1. The second-order valence-electron chi connectivity index (χ2n) is 6.18. The summed E-state index contributed by atoms with van der Waals surface area (Å²) in [6, 6.07) is 12.3. The molecule has 0 aliphatic rings. The predicted molar refractivity (Wildman–Crippen MR) is 104 cm³/mol. The number of methoxy groups -OCH3 is 1. The Kier molecular flexibility index (Phi) is 6.06. The van der Waals surface area contributed by atoms with Gasteiger partial charge in [0.1, 0.15) is 18.1 Å². The Morgan fingerprint density at radius 1 is 1.18 bits per heavy atom. The van der Waals surface area contributed by atoms with Crippen molar-refractivity contribution in [2.24, 2.45) is 7.05 Å². The summed E-state index contributed by atoms with van der Waals surface area (Å²) in [5.74, 6) is 0.548. The van der Waals surface area contributed by atoms with Crippen LogP contribution < -0.4 is 20.2 Å². The van der Waals surface area contributed by atoms with Crippen LogP contribution in [0.2, 0.25) is 0 Å². The van der Waals surface area contributed by atoms with Gasteiger partial charge in [0.15, 0.2) is 5.75 Å². The van der Waals surface area contributed by atoms with Crippen molar-refractivity contribution >= 4 is 5.91 Å². The van der Waals surface area contributed by atoms with Crippen LogP contribution in [0.3, 0.4) is 0 Å². The number of carbonyl (C=O) groups excluding carboxylic acids is 1. The minimum atomic E-state index is -0.354. The number of nitrogens with zero attached hydrogens (tertiary/aromatic N) is 2. The third kappa shape index (κ3) is 4.76. The molecule has 0 atom stereocenters. The van der Waals surface area contributed by atoms with E-state index in [1.807, 2.05) is 30.3 Å². The van der Waals surface area contributed by atoms with Crippen LogP contribution in [0, 0.1) is 0 Å². The minimum absolute atomic E-state index is 0.175. The average Bonchev–Trinajstić information content (AvgIpc) is 2.73. The van der Waals surface area contributed by atoms with Crippen LogP contribution >= 0.6 is 0 Å². The molecule has 0 aliphatic heterocycles. The van der Waals surface area contributed by atoms with Crippen molar-refractivity contribution in [1.29, 1.82) is 0 Å². The number of amides is 1. The molecule has 2 aromatic heterocycles. The summed E-state index contributed by atoms with van der Waals surface area (Å²) in [7, 11) is 3.28. The Morgan fingerprint density at radius 3 is 2.75 bits per heavy atom. The molecule has 0 fully saturated rings. The lowest BCUT2D eigenvalue weighted by Crippen LogP contribution is -2.27. The zero-order chi connectivity index (χ0) is 19.9. The van der Waals surface area contributed by atoms with Crippen LogP contribution in [0.5, 0.6) is 11.5 Å². The van der Waals surface area contributed by atoms with Crippen molar-refractivity contribution in [2.75, 3.05) is 7.11 Å². The zero-order valence-corrected chi connectivity index (χ0v) is 15.7. The van der Waals surface area contributed by atoms with Gasteiger partial charge in [-0.05, 0) is 29.3 Å². The average molecular weight is 379 g/mol. The van der Waals surface area contributed by atoms with E-state index in [0.717, 1.165) is 16.9 Å². The van der Waals surface area contributed by atoms with Crippen LogP contribution in [-0.4, -0.2) is 22.6 Å². The largest absolute Gasteiger partial charge is 0.497 e. The van der Waals surface area contributed by atoms with E-state index in [9.17, 15) is 9.59 Å². The summed E-state index contributed by atoms with van der Waals surface area (Å²) in [6.07, 6.45) is 4.86. The molecule has 1 N–H and O–H groups in total. The molecule has 0 aliphatic carbocycles. The fourth-order valence-electron chi connectivity index (χ4n) is 2.64. The van der Waals surface area contributed by atoms with E-state index < -0.39 is 0 Å². The zero-order valence-electron chi connectivity index (χ0n) is 15.7. The molecule has 2 heterocycles. The van der Waals surface area contributed by atoms with Gasteiger partial charge in [0.05, 0.1) is 13.3 Å². The fourth-order valence-corrected chi connectivity index (χ4v) is 2.64. The molecule has 7 nitrogen and oxygen atoms in total. The van der Waals surface area contributed by atoms with E-state index in [1.165, 1.54) is 12.3 Å². The summed E-state index contributed by atoms with van der Waals surface area (Å²) >= 11 is 0. The standard InChI is InChI=1S/C21H21N3O4/c1-24-13-20(28-14-15-5-3-7-17(9-15)27-2)19(25)10-18(24)21(26)23-12-16-6-4-8-22-11-16/h3-11,13H,12,14H2,1-2H3,(H,23,26). The minimum Gasteiger partial charge on any atom is -0.497 e. The highest BCUT2D eigenvalue weighted by atomic mass is 16.5. The molecule has 0 spiro atoms. The summed E-state index contributed by atoms with van der Waals surface area (Å²) in [6.45, 7) is 0.550. The van der Waals surface area contributed by atoms with Crippen LogP contribution in [-0.2, 0) is 20.2 Å². The maximum atomic E-state index is 12.4. The lowest BCUT2D eigenvalue weighted by Gasteiger charge is -2.12. The molecule has 0 saturated heterocycles. The maximum absolute atomic E-state index is 12.4. The highest BCUT2D eigenvalue weighted by molar-refractivity contribution is 5.92. The molecular weight excluding hydrogens is 358 g/mol. The Bertz CT molecular complexity index is 1020. The molecule has 0 radical (unpaired) electrons. The first-order chi connectivity index (χ1) is 13.6. The number of carbonyl (C=O) groups is 1. The van der Waals surface area contributed by atoms with Gasteiger partial charge in [-0.2, -0.15) is 0 Å². The van der Waals surface area contributed by atoms with Gasteiger partial charge in [-0.1, -0.05) is 18.2 Å². The van der Waals surface area contributed by atoms with Crippen molar-refractivity contribution in [3.8, 4) is 11.5 Å². The normalized spacial score (nSPS) is 10.4. The first-order valence-electron chi connectivity index (χ1n) is 8.70. The highest BCUT2D eigenvalue weighted by Crippen LogP contribution is 2.15. The molecule has 1 amide bonds. The third-order valence-corrected chi connectivity index (χ3v) is 4.14. The number of hydrogen-bond donors (Lipinski definition) is 1. The molecule has 28 heavy (non-hydrogen) atoms. The second-order valence-corrected chi connectivity index (χ2v) is 6.18. The SMILES string of the molecule is COc1cccc(COc2cn(C)c(C(=O)NCc3cccnc3)cc2=O)c1. The Labute approximate surface area is 162 Å². The van der Waals surface area contributed by atoms with E-state index in [-0.39, 0.29) is 29.4 Å². The van der Waals surface area contributed by atoms with Crippen molar-refractivity contribution in [3.63, 3.8) is 0 Å². The first-order valence-corrected chi connectivity index (χ1v) is 8.70. The molecule has 0 saturated carbocycles. The van der Waals surface area contributed by atoms with Crippen LogP contribution in [0.15, 0.2) is 65.8 Å². The second kappa shape index (κ2) is 8.85. The molecule has 1 aromatic carbocycles. The number of ether oxygens (including phenoxy) is 2. The Balaban J connectivity index is 1.68. The molecular formula is C21H21N3O4. The Morgan fingerprint density at radius 2 is 2.00 bits per heavy atom. The molecule has 0 unspecified atom stereocenters. The number of hydrogen-bond acceptors (Lipinski definition) is 5. The highest BCUT2D eigenvalue weighted by Gasteiger charge is 2.13. The van der Waals surface area contributed by atoms with E-state index >= 15 is 0 Å². The molecule has 3 aromatic rings. The lowest BCUT2D eigenvalue weighted by molar-refractivity contribution is 0.0941. The Hall–Kier alpha value is -3.61. The van der Waals surface area contributed by atoms with Crippen molar-refractivity contribution < 1.29 is 14.3 Å². The van der Waals surface area contributed by atoms with Crippen molar-refractivity contribution in [1.82, 2.24) is 14.9 Å². The number of pyridine rings is 2. The van der Waals surface area contributed by atoms with E-state index in [1.54, 1.807) is 37.2 Å². The monoisotopic (exact) mass is 379 g/mol. The summed E-state index contributed by atoms with van der Waals surface area (Å²) in [4.78, 5) is 28.8. The number of aryl methyl sites for hydroxylation is 1. The first kappa shape index (κ1) is 19.2. The maximum Gasteiger partial charge on any atom is 0.268 e. The predicted octanol–water partition coefficient (Wildman–Crippen LogP) is 2.30. The van der Waals surface area contributed by atoms with E-state index in [0.29, 0.717) is 6.54 Å². The summed E-state index contributed by atoms with van der Waals surface area (Å²) in [5, 5.41) is 2.78. The van der Waals surface area contributed by atoms with Gasteiger partial charge in [0, 0.05) is 32.1 Å².